The second-order valence-corrected chi connectivity index (χ2v) is 6.74. The van der Waals surface area contributed by atoms with Crippen molar-refractivity contribution in [2.75, 3.05) is 12.3 Å². The van der Waals surface area contributed by atoms with Gasteiger partial charge in [0, 0.05) is 11.3 Å². The highest BCUT2D eigenvalue weighted by Crippen LogP contribution is 2.36. The molecular formula is C14H29NS. The van der Waals surface area contributed by atoms with Crippen LogP contribution in [0.4, 0.5) is 0 Å². The third kappa shape index (κ3) is 4.29. The van der Waals surface area contributed by atoms with Crippen molar-refractivity contribution in [1.82, 2.24) is 5.32 Å². The quantitative estimate of drug-likeness (QED) is 0.758. The van der Waals surface area contributed by atoms with Crippen LogP contribution in [0.15, 0.2) is 0 Å². The second kappa shape index (κ2) is 7.60. The van der Waals surface area contributed by atoms with E-state index in [1.807, 2.05) is 0 Å². The molecule has 0 bridgehead atoms. The smallest absolute Gasteiger partial charge is 0.0226 e. The Kier molecular flexibility index (Phi) is 6.83. The van der Waals surface area contributed by atoms with Crippen LogP contribution in [0.1, 0.15) is 53.4 Å². The maximum absolute atomic E-state index is 3.77. The Morgan fingerprint density at radius 1 is 1.12 bits per heavy atom. The van der Waals surface area contributed by atoms with Gasteiger partial charge in [-0.1, -0.05) is 27.7 Å². The minimum absolute atomic E-state index is 0.759. The lowest BCUT2D eigenvalue weighted by molar-refractivity contribution is 0.249. The summed E-state index contributed by atoms with van der Waals surface area (Å²) < 4.78 is 0. The zero-order valence-corrected chi connectivity index (χ0v) is 12.3. The van der Waals surface area contributed by atoms with Crippen molar-refractivity contribution in [2.45, 2.75) is 64.7 Å². The van der Waals surface area contributed by atoms with Crippen LogP contribution < -0.4 is 5.32 Å². The lowest BCUT2D eigenvalue weighted by Crippen LogP contribution is -2.46. The summed E-state index contributed by atoms with van der Waals surface area (Å²) in [6.45, 7) is 10.6. The number of hydrogen-bond donors (Lipinski definition) is 1. The van der Waals surface area contributed by atoms with Crippen LogP contribution in [0, 0.1) is 11.8 Å². The first kappa shape index (κ1) is 14.4. The molecule has 0 aliphatic heterocycles. The Morgan fingerprint density at radius 3 is 2.50 bits per heavy atom. The normalized spacial score (nSPS) is 35.2. The zero-order chi connectivity index (χ0) is 12.0. The summed E-state index contributed by atoms with van der Waals surface area (Å²) in [6.07, 6.45) is 5.37. The lowest BCUT2D eigenvalue weighted by Gasteiger charge is -2.40. The van der Waals surface area contributed by atoms with Gasteiger partial charge < -0.3 is 5.32 Å². The molecule has 4 atom stereocenters. The molecule has 1 nitrogen and oxygen atoms in total. The molecule has 0 heterocycles. The van der Waals surface area contributed by atoms with E-state index in [1.165, 1.54) is 38.0 Å². The summed E-state index contributed by atoms with van der Waals surface area (Å²) in [5.41, 5.74) is 0. The molecular weight excluding hydrogens is 214 g/mol. The van der Waals surface area contributed by atoms with E-state index in [0.29, 0.717) is 0 Å². The van der Waals surface area contributed by atoms with Crippen LogP contribution in [-0.4, -0.2) is 23.6 Å². The van der Waals surface area contributed by atoms with Gasteiger partial charge in [-0.3, -0.25) is 0 Å². The molecule has 1 saturated carbocycles. The maximum Gasteiger partial charge on any atom is 0.0226 e. The molecule has 1 rings (SSSR count). The molecule has 96 valence electrons. The Labute approximate surface area is 106 Å². The van der Waals surface area contributed by atoms with Crippen molar-refractivity contribution in [1.29, 1.82) is 0 Å². The van der Waals surface area contributed by atoms with Crippen LogP contribution >= 0.6 is 11.8 Å². The molecule has 2 heteroatoms. The zero-order valence-electron chi connectivity index (χ0n) is 11.5. The summed E-state index contributed by atoms with van der Waals surface area (Å²) in [6, 6.07) is 0.759. The number of thioether (sulfide) groups is 1. The molecule has 0 amide bonds. The Balaban J connectivity index is 2.50. The van der Waals surface area contributed by atoms with Gasteiger partial charge in [0.05, 0.1) is 0 Å². The first-order valence-electron chi connectivity index (χ1n) is 7.04. The average molecular weight is 243 g/mol. The molecule has 0 spiro atoms. The van der Waals surface area contributed by atoms with Crippen molar-refractivity contribution in [2.24, 2.45) is 11.8 Å². The van der Waals surface area contributed by atoms with Gasteiger partial charge in [0.1, 0.15) is 0 Å². The molecule has 0 saturated heterocycles. The van der Waals surface area contributed by atoms with Crippen molar-refractivity contribution >= 4 is 11.8 Å². The Bertz CT molecular complexity index is 184. The SMILES string of the molecule is CCCNC1CC(C)CC(C)C1SCCC. The van der Waals surface area contributed by atoms with E-state index in [0.717, 1.165) is 23.1 Å². The van der Waals surface area contributed by atoms with Gasteiger partial charge in [-0.05, 0) is 49.8 Å². The topological polar surface area (TPSA) is 12.0 Å². The predicted molar refractivity (Wildman–Crippen MR) is 76.2 cm³/mol. The van der Waals surface area contributed by atoms with E-state index in [4.69, 9.17) is 0 Å². The first-order chi connectivity index (χ1) is 7.69. The molecule has 16 heavy (non-hydrogen) atoms. The summed E-state index contributed by atoms with van der Waals surface area (Å²) in [5, 5.41) is 4.62. The predicted octanol–water partition coefficient (Wildman–Crippen LogP) is 3.93. The Morgan fingerprint density at radius 2 is 1.88 bits per heavy atom. The molecule has 0 aromatic rings. The van der Waals surface area contributed by atoms with Crippen LogP contribution in [0.2, 0.25) is 0 Å². The average Bonchev–Trinajstić information content (AvgIpc) is 2.24. The van der Waals surface area contributed by atoms with E-state index in [9.17, 15) is 0 Å². The van der Waals surface area contributed by atoms with Crippen LogP contribution in [0.25, 0.3) is 0 Å². The highest BCUT2D eigenvalue weighted by molar-refractivity contribution is 7.99. The minimum atomic E-state index is 0.759. The van der Waals surface area contributed by atoms with Crippen LogP contribution in [-0.2, 0) is 0 Å². The van der Waals surface area contributed by atoms with E-state index in [1.54, 1.807) is 0 Å². The monoisotopic (exact) mass is 243 g/mol. The molecule has 1 aliphatic rings. The minimum Gasteiger partial charge on any atom is -0.313 e. The van der Waals surface area contributed by atoms with Gasteiger partial charge in [-0.2, -0.15) is 11.8 Å². The van der Waals surface area contributed by atoms with Crippen molar-refractivity contribution < 1.29 is 0 Å². The van der Waals surface area contributed by atoms with E-state index in [-0.39, 0.29) is 0 Å². The van der Waals surface area contributed by atoms with Crippen LogP contribution in [0.3, 0.4) is 0 Å². The van der Waals surface area contributed by atoms with Crippen molar-refractivity contribution in [3.8, 4) is 0 Å². The van der Waals surface area contributed by atoms with Gasteiger partial charge in [0.25, 0.3) is 0 Å². The first-order valence-corrected chi connectivity index (χ1v) is 8.08. The van der Waals surface area contributed by atoms with Crippen molar-refractivity contribution in [3.05, 3.63) is 0 Å². The van der Waals surface area contributed by atoms with Gasteiger partial charge >= 0.3 is 0 Å². The molecule has 1 N–H and O–H groups in total. The second-order valence-electron chi connectivity index (χ2n) is 5.45. The highest BCUT2D eigenvalue weighted by atomic mass is 32.2. The van der Waals surface area contributed by atoms with Gasteiger partial charge in [-0.25, -0.2) is 0 Å². The van der Waals surface area contributed by atoms with Crippen molar-refractivity contribution in [3.63, 3.8) is 0 Å². The Hall–Kier alpha value is 0.310. The fourth-order valence-corrected chi connectivity index (χ4v) is 4.28. The molecule has 1 fully saturated rings. The molecule has 0 aromatic heterocycles. The molecule has 0 radical (unpaired) electrons. The van der Waals surface area contributed by atoms with Gasteiger partial charge in [-0.15, -0.1) is 0 Å². The third-order valence-corrected chi connectivity index (χ3v) is 5.38. The van der Waals surface area contributed by atoms with Crippen LogP contribution in [0.5, 0.6) is 0 Å². The summed E-state index contributed by atoms with van der Waals surface area (Å²) in [5.74, 6) is 3.12. The summed E-state index contributed by atoms with van der Waals surface area (Å²) in [4.78, 5) is 0. The van der Waals surface area contributed by atoms with Gasteiger partial charge in [0.15, 0.2) is 0 Å². The number of hydrogen-bond acceptors (Lipinski definition) is 2. The fraction of sp³-hybridized carbons (Fsp3) is 1.00. The van der Waals surface area contributed by atoms with Gasteiger partial charge in [0.2, 0.25) is 0 Å². The number of nitrogens with one attached hydrogen (secondary N) is 1. The molecule has 0 aromatic carbocycles. The standard InChI is InChI=1S/C14H29NS/c1-5-7-15-13-10-11(3)9-12(4)14(13)16-8-6-2/h11-15H,5-10H2,1-4H3. The number of rotatable bonds is 6. The van der Waals surface area contributed by atoms with E-state index >= 15 is 0 Å². The third-order valence-electron chi connectivity index (χ3n) is 3.56. The maximum atomic E-state index is 3.77. The summed E-state index contributed by atoms with van der Waals surface area (Å²) in [7, 11) is 0. The lowest BCUT2D eigenvalue weighted by atomic mass is 9.80. The molecule has 4 unspecified atom stereocenters. The molecule has 1 aliphatic carbocycles. The van der Waals surface area contributed by atoms with E-state index < -0.39 is 0 Å². The fourth-order valence-electron chi connectivity index (χ4n) is 2.89. The van der Waals surface area contributed by atoms with E-state index in [2.05, 4.69) is 44.8 Å². The highest BCUT2D eigenvalue weighted by Gasteiger charge is 2.33. The largest absolute Gasteiger partial charge is 0.313 e. The summed E-state index contributed by atoms with van der Waals surface area (Å²) >= 11 is 2.20.